The molecule has 1 heterocycles. The normalized spacial score (nSPS) is 11.0. The van der Waals surface area contributed by atoms with Crippen molar-refractivity contribution < 1.29 is 4.79 Å². The third kappa shape index (κ3) is 6.24. The number of hydrogen-bond donors (Lipinski definition) is 3. The van der Waals surface area contributed by atoms with Crippen molar-refractivity contribution in [2.75, 3.05) is 30.5 Å². The predicted octanol–water partition coefficient (Wildman–Crippen LogP) is 6.00. The summed E-state index contributed by atoms with van der Waals surface area (Å²) in [7, 11) is 3.73. The van der Waals surface area contributed by atoms with Crippen molar-refractivity contribution in [1.29, 1.82) is 0 Å². The van der Waals surface area contributed by atoms with Crippen LogP contribution in [0, 0.1) is 0 Å². The Morgan fingerprint density at radius 1 is 1.00 bits per heavy atom. The zero-order valence-electron chi connectivity index (χ0n) is 18.9. The lowest BCUT2D eigenvalue weighted by atomic mass is 10.1. The second-order valence-corrected chi connectivity index (χ2v) is 9.43. The highest BCUT2D eigenvalue weighted by Crippen LogP contribution is 2.25. The van der Waals surface area contributed by atoms with Gasteiger partial charge in [-0.2, -0.15) is 5.10 Å². The number of rotatable bonds is 7. The minimum atomic E-state index is -0.0960. The summed E-state index contributed by atoms with van der Waals surface area (Å²) in [5.41, 5.74) is 5.48. The van der Waals surface area contributed by atoms with E-state index in [1.807, 2.05) is 91.8 Å². The van der Waals surface area contributed by atoms with Gasteiger partial charge in [-0.25, -0.2) is 0 Å². The third-order valence-corrected chi connectivity index (χ3v) is 6.69. The Morgan fingerprint density at radius 2 is 1.76 bits per heavy atom. The first-order chi connectivity index (χ1) is 16.5. The summed E-state index contributed by atoms with van der Waals surface area (Å²) in [4.78, 5) is 14.1. The van der Waals surface area contributed by atoms with E-state index in [4.69, 9.17) is 12.2 Å². The summed E-state index contributed by atoms with van der Waals surface area (Å²) in [5.74, 6) is 0.174. The number of carbonyl (C=O) groups excluding carboxylic acids is 1. The van der Waals surface area contributed by atoms with Gasteiger partial charge in [0.25, 0.3) is 0 Å². The Morgan fingerprint density at radius 3 is 2.56 bits per heavy atom. The fourth-order valence-electron chi connectivity index (χ4n) is 3.28. The van der Waals surface area contributed by atoms with E-state index in [9.17, 15) is 4.79 Å². The van der Waals surface area contributed by atoms with Crippen molar-refractivity contribution in [3.05, 3.63) is 84.1 Å². The lowest BCUT2D eigenvalue weighted by molar-refractivity contribution is -0.113. The Bertz CT molecular complexity index is 1330. The maximum absolute atomic E-state index is 12.3. The molecule has 0 fully saturated rings. The van der Waals surface area contributed by atoms with Gasteiger partial charge >= 0.3 is 0 Å². The average molecular weight is 488 g/mol. The molecule has 4 rings (SSSR count). The Hall–Kier alpha value is -3.62. The summed E-state index contributed by atoms with van der Waals surface area (Å²) >= 11 is 6.55. The number of amides is 1. The molecular formula is C26H25N5OS2. The highest BCUT2D eigenvalue weighted by Gasteiger charge is 2.08. The molecule has 0 unspecified atom stereocenters. The molecular weight excluding hydrogens is 462 g/mol. The van der Waals surface area contributed by atoms with E-state index in [-0.39, 0.29) is 11.7 Å². The fraction of sp³-hybridized carbons (Fsp3) is 0.115. The predicted molar refractivity (Wildman–Crippen MR) is 149 cm³/mol. The van der Waals surface area contributed by atoms with Crippen LogP contribution in [0.2, 0.25) is 0 Å². The van der Waals surface area contributed by atoms with E-state index in [1.165, 1.54) is 11.8 Å². The maximum atomic E-state index is 12.3. The highest BCUT2D eigenvalue weighted by molar-refractivity contribution is 8.23. The van der Waals surface area contributed by atoms with Crippen LogP contribution in [-0.2, 0) is 4.79 Å². The molecule has 3 aromatic carbocycles. The quantitative estimate of drug-likeness (QED) is 0.278. The Balaban J connectivity index is 1.41. The first kappa shape index (κ1) is 23.5. The number of thiocarbonyl (C=S) groups is 1. The molecule has 0 aliphatic carbocycles. The number of H-pyrrole nitrogens is 1. The summed E-state index contributed by atoms with van der Waals surface area (Å²) in [5, 5.41) is 14.9. The van der Waals surface area contributed by atoms with Crippen molar-refractivity contribution in [1.82, 2.24) is 15.1 Å². The van der Waals surface area contributed by atoms with Crippen molar-refractivity contribution in [3.63, 3.8) is 0 Å². The number of nitrogens with zero attached hydrogens (tertiary/aromatic N) is 2. The van der Waals surface area contributed by atoms with Gasteiger partial charge in [0.15, 0.2) is 0 Å². The minimum absolute atomic E-state index is 0.0960. The molecule has 0 aliphatic rings. The molecule has 1 aromatic heterocycles. The third-order valence-electron chi connectivity index (χ3n) is 4.95. The van der Waals surface area contributed by atoms with Gasteiger partial charge in [-0.1, -0.05) is 66.5 Å². The van der Waals surface area contributed by atoms with E-state index in [0.717, 1.165) is 39.2 Å². The van der Waals surface area contributed by atoms with Gasteiger partial charge in [-0.3, -0.25) is 9.89 Å². The maximum Gasteiger partial charge on any atom is 0.234 e. The van der Waals surface area contributed by atoms with Crippen LogP contribution in [0.4, 0.5) is 17.1 Å². The molecule has 0 atom stereocenters. The molecule has 0 spiro atoms. The van der Waals surface area contributed by atoms with Crippen molar-refractivity contribution in [3.8, 4) is 0 Å². The molecule has 6 nitrogen and oxygen atoms in total. The second kappa shape index (κ2) is 11.0. The number of hydrogen-bond acceptors (Lipinski definition) is 5. The second-order valence-electron chi connectivity index (χ2n) is 7.82. The van der Waals surface area contributed by atoms with Crippen LogP contribution in [0.25, 0.3) is 23.1 Å². The molecule has 8 heteroatoms. The average Bonchev–Trinajstić information content (AvgIpc) is 3.24. The summed E-state index contributed by atoms with van der Waals surface area (Å²) < 4.78 is 0.679. The number of anilines is 3. The zero-order chi connectivity index (χ0) is 23.9. The number of aromatic nitrogens is 2. The van der Waals surface area contributed by atoms with Crippen LogP contribution in [0.5, 0.6) is 0 Å². The van der Waals surface area contributed by atoms with E-state index in [1.54, 1.807) is 0 Å². The molecule has 0 bridgehead atoms. The lowest BCUT2D eigenvalue weighted by Gasteiger charge is -2.13. The lowest BCUT2D eigenvalue weighted by Crippen LogP contribution is -2.20. The van der Waals surface area contributed by atoms with Crippen molar-refractivity contribution >= 4 is 74.3 Å². The van der Waals surface area contributed by atoms with Crippen LogP contribution in [-0.4, -0.2) is 45.2 Å². The van der Waals surface area contributed by atoms with E-state index in [2.05, 4.69) is 33.0 Å². The van der Waals surface area contributed by atoms with Crippen molar-refractivity contribution in [2.45, 2.75) is 0 Å². The minimum Gasteiger partial charge on any atom is -0.364 e. The van der Waals surface area contributed by atoms with Gasteiger partial charge in [-0.05, 0) is 48.0 Å². The molecule has 4 aromatic rings. The number of fused-ring (bicyclic) bond motifs is 1. The molecule has 0 saturated heterocycles. The van der Waals surface area contributed by atoms with Gasteiger partial charge in [0, 0.05) is 36.5 Å². The summed E-state index contributed by atoms with van der Waals surface area (Å²) in [6.07, 6.45) is 4.06. The first-order valence-electron chi connectivity index (χ1n) is 10.7. The molecule has 0 aliphatic heterocycles. The topological polar surface area (TPSA) is 73.1 Å². The van der Waals surface area contributed by atoms with E-state index in [0.29, 0.717) is 4.32 Å². The van der Waals surface area contributed by atoms with Crippen LogP contribution < -0.4 is 10.6 Å². The van der Waals surface area contributed by atoms with Gasteiger partial charge in [0.1, 0.15) is 4.32 Å². The van der Waals surface area contributed by atoms with Crippen molar-refractivity contribution in [2.24, 2.45) is 0 Å². The monoisotopic (exact) mass is 487 g/mol. The largest absolute Gasteiger partial charge is 0.364 e. The summed E-state index contributed by atoms with van der Waals surface area (Å²) in [6, 6.07) is 23.8. The van der Waals surface area contributed by atoms with E-state index < -0.39 is 0 Å². The van der Waals surface area contributed by atoms with Gasteiger partial charge in [-0.15, -0.1) is 0 Å². The highest BCUT2D eigenvalue weighted by atomic mass is 32.2. The van der Waals surface area contributed by atoms with Gasteiger partial charge in [0.2, 0.25) is 5.91 Å². The first-order valence-corrected chi connectivity index (χ1v) is 12.1. The molecule has 0 saturated carbocycles. The molecule has 1 amide bonds. The van der Waals surface area contributed by atoms with Crippen LogP contribution in [0.1, 0.15) is 11.3 Å². The Labute approximate surface area is 208 Å². The summed E-state index contributed by atoms with van der Waals surface area (Å²) in [6.45, 7) is 0. The van der Waals surface area contributed by atoms with Gasteiger partial charge in [0.05, 0.1) is 17.0 Å². The van der Waals surface area contributed by atoms with Crippen LogP contribution >= 0.6 is 24.0 Å². The number of nitrogens with one attached hydrogen (secondary N) is 3. The zero-order valence-corrected chi connectivity index (χ0v) is 20.5. The number of benzene rings is 3. The smallest absolute Gasteiger partial charge is 0.234 e. The molecule has 0 radical (unpaired) electrons. The van der Waals surface area contributed by atoms with Crippen LogP contribution in [0.3, 0.4) is 0 Å². The SMILES string of the molecule is CN(C)C(=S)SCC(=O)Nc1cccc(Nc2ccc3c(/C=C/c4ccccc4)n[nH]c3c2)c1. The number of thioether (sulfide) groups is 1. The molecule has 34 heavy (non-hydrogen) atoms. The Kier molecular flexibility index (Phi) is 7.61. The van der Waals surface area contributed by atoms with Gasteiger partial charge < -0.3 is 15.5 Å². The number of carbonyl (C=O) groups is 1. The van der Waals surface area contributed by atoms with E-state index >= 15 is 0 Å². The standard InChI is InChI=1S/C26H25N5OS2/c1-31(2)26(33)34-17-25(32)28-20-10-6-9-19(15-20)27-21-12-13-22-23(29-30-24(22)16-21)14-11-18-7-4-3-5-8-18/h3-16,27H,17H2,1-2H3,(H,28,32)(H,29,30)/b14-11+. The fourth-order valence-corrected chi connectivity index (χ4v) is 4.04. The molecule has 172 valence electrons. The number of aromatic amines is 1. The van der Waals surface area contributed by atoms with Crippen LogP contribution in [0.15, 0.2) is 72.8 Å². The molecule has 3 N–H and O–H groups in total.